The van der Waals surface area contributed by atoms with Crippen molar-refractivity contribution in [3.63, 3.8) is 0 Å². The molecule has 1 atom stereocenters. The summed E-state index contributed by atoms with van der Waals surface area (Å²) in [7, 11) is 0. The van der Waals surface area contributed by atoms with Crippen molar-refractivity contribution < 1.29 is 4.79 Å². The van der Waals surface area contributed by atoms with E-state index < -0.39 is 0 Å². The molecule has 1 aromatic carbocycles. The molecule has 116 valence electrons. The van der Waals surface area contributed by atoms with Gasteiger partial charge in [-0.3, -0.25) is 9.78 Å². The number of aromatic nitrogens is 1. The predicted octanol–water partition coefficient (Wildman–Crippen LogP) is 3.34. The summed E-state index contributed by atoms with van der Waals surface area (Å²) in [6.45, 7) is 6.79. The van der Waals surface area contributed by atoms with E-state index in [1.165, 1.54) is 0 Å². The molecule has 0 amide bonds. The Labute approximate surface area is 131 Å². The first-order valence-electron chi connectivity index (χ1n) is 7.60. The topological polar surface area (TPSA) is 68.0 Å². The van der Waals surface area contributed by atoms with Crippen LogP contribution in [0.3, 0.4) is 0 Å². The van der Waals surface area contributed by atoms with Gasteiger partial charge >= 0.3 is 0 Å². The molecule has 4 nitrogen and oxygen atoms in total. The quantitative estimate of drug-likeness (QED) is 0.634. The van der Waals surface area contributed by atoms with Crippen LogP contribution in [0.2, 0.25) is 0 Å². The zero-order valence-corrected chi connectivity index (χ0v) is 13.4. The number of hydrogen-bond acceptors (Lipinski definition) is 4. The molecule has 0 aliphatic carbocycles. The van der Waals surface area contributed by atoms with E-state index in [1.807, 2.05) is 37.3 Å². The lowest BCUT2D eigenvalue weighted by atomic mass is 10.0. The van der Waals surface area contributed by atoms with E-state index in [0.29, 0.717) is 23.8 Å². The first kappa shape index (κ1) is 16.2. The molecule has 2 rings (SSSR count). The second-order valence-electron chi connectivity index (χ2n) is 5.60. The summed E-state index contributed by atoms with van der Waals surface area (Å²) in [6.07, 6.45) is 1.93. The van der Waals surface area contributed by atoms with E-state index in [2.05, 4.69) is 24.1 Å². The van der Waals surface area contributed by atoms with Crippen LogP contribution in [-0.4, -0.2) is 17.3 Å². The van der Waals surface area contributed by atoms with Crippen LogP contribution in [-0.2, 0) is 6.54 Å². The number of carbonyl (C=O) groups excluding carboxylic acids is 1. The van der Waals surface area contributed by atoms with Gasteiger partial charge in [-0.1, -0.05) is 19.1 Å². The molecule has 0 bridgehead atoms. The van der Waals surface area contributed by atoms with Gasteiger partial charge in [0.1, 0.15) is 0 Å². The van der Waals surface area contributed by atoms with E-state index in [-0.39, 0.29) is 0 Å². The van der Waals surface area contributed by atoms with Gasteiger partial charge in [-0.2, -0.15) is 0 Å². The third-order valence-electron chi connectivity index (χ3n) is 3.89. The average molecular weight is 297 g/mol. The zero-order valence-electron chi connectivity index (χ0n) is 13.4. The van der Waals surface area contributed by atoms with Crippen LogP contribution in [0.25, 0.3) is 11.3 Å². The van der Waals surface area contributed by atoms with Crippen LogP contribution in [0.4, 0.5) is 5.69 Å². The Morgan fingerprint density at radius 2 is 2.14 bits per heavy atom. The van der Waals surface area contributed by atoms with Crippen LogP contribution in [0.15, 0.2) is 30.3 Å². The number of anilines is 1. The zero-order chi connectivity index (χ0) is 16.1. The highest BCUT2D eigenvalue weighted by Crippen LogP contribution is 2.23. The first-order valence-corrected chi connectivity index (χ1v) is 7.60. The molecule has 1 aromatic heterocycles. The first-order chi connectivity index (χ1) is 10.5. The van der Waals surface area contributed by atoms with Gasteiger partial charge in [-0.15, -0.1) is 0 Å². The Hall–Kier alpha value is -2.20. The largest absolute Gasteiger partial charge is 0.399 e. The minimum absolute atomic E-state index is 0.406. The summed E-state index contributed by atoms with van der Waals surface area (Å²) in [4.78, 5) is 15.9. The van der Waals surface area contributed by atoms with Gasteiger partial charge in [-0.25, -0.2) is 0 Å². The number of nitrogens with zero attached hydrogens (tertiary/aromatic N) is 1. The molecule has 0 aliphatic heterocycles. The minimum Gasteiger partial charge on any atom is -0.399 e. The lowest BCUT2D eigenvalue weighted by Crippen LogP contribution is -2.25. The highest BCUT2D eigenvalue weighted by Gasteiger charge is 2.11. The maximum Gasteiger partial charge on any atom is 0.152 e. The Kier molecular flexibility index (Phi) is 5.28. The van der Waals surface area contributed by atoms with Gasteiger partial charge in [0.2, 0.25) is 0 Å². The molecular weight excluding hydrogens is 274 g/mol. The molecule has 4 heteroatoms. The predicted molar refractivity (Wildman–Crippen MR) is 90.8 cm³/mol. The Morgan fingerprint density at radius 3 is 2.77 bits per heavy atom. The number of rotatable bonds is 6. The SMILES string of the molecule is CCC(C)NCc1cc(-c2cccc(N)c2)nc(C)c1C=O. The molecule has 0 saturated heterocycles. The molecule has 0 radical (unpaired) electrons. The molecule has 0 saturated carbocycles. The van der Waals surface area contributed by atoms with Gasteiger partial charge in [0.15, 0.2) is 6.29 Å². The number of nitrogen functional groups attached to an aromatic ring is 1. The molecule has 1 unspecified atom stereocenters. The van der Waals surface area contributed by atoms with E-state index in [0.717, 1.165) is 35.2 Å². The molecule has 0 spiro atoms. The van der Waals surface area contributed by atoms with Crippen molar-refractivity contribution in [2.45, 2.75) is 39.8 Å². The number of carbonyl (C=O) groups is 1. The van der Waals surface area contributed by atoms with Gasteiger partial charge in [0, 0.05) is 35.1 Å². The molecular formula is C18H23N3O. The standard InChI is InChI=1S/C18H23N3O/c1-4-12(2)20-10-15-9-18(21-13(3)17(15)11-22)14-6-5-7-16(19)8-14/h5-9,11-12,20H,4,10,19H2,1-3H3. The highest BCUT2D eigenvalue weighted by molar-refractivity contribution is 5.80. The van der Waals surface area contributed by atoms with Crippen molar-refractivity contribution in [2.24, 2.45) is 0 Å². The maximum absolute atomic E-state index is 11.4. The average Bonchev–Trinajstić information content (AvgIpc) is 2.52. The number of pyridine rings is 1. The molecule has 0 fully saturated rings. The van der Waals surface area contributed by atoms with Gasteiger partial charge in [0.25, 0.3) is 0 Å². The van der Waals surface area contributed by atoms with Crippen molar-refractivity contribution in [3.05, 3.63) is 47.2 Å². The van der Waals surface area contributed by atoms with Crippen molar-refractivity contribution in [3.8, 4) is 11.3 Å². The third-order valence-corrected chi connectivity index (χ3v) is 3.89. The number of benzene rings is 1. The lowest BCUT2D eigenvalue weighted by molar-refractivity contribution is 0.112. The molecule has 3 N–H and O–H groups in total. The van der Waals surface area contributed by atoms with Crippen LogP contribution in [0, 0.1) is 6.92 Å². The number of aldehydes is 1. The van der Waals surface area contributed by atoms with E-state index >= 15 is 0 Å². The fraction of sp³-hybridized carbons (Fsp3) is 0.333. The summed E-state index contributed by atoms with van der Waals surface area (Å²) in [5.41, 5.74) is 10.7. The van der Waals surface area contributed by atoms with Crippen LogP contribution >= 0.6 is 0 Å². The van der Waals surface area contributed by atoms with E-state index in [4.69, 9.17) is 5.73 Å². The van der Waals surface area contributed by atoms with Crippen LogP contribution in [0.5, 0.6) is 0 Å². The Bertz CT molecular complexity index is 667. The normalized spacial score (nSPS) is 12.1. The number of hydrogen-bond donors (Lipinski definition) is 2. The fourth-order valence-electron chi connectivity index (χ4n) is 2.33. The maximum atomic E-state index is 11.4. The molecule has 0 aliphatic rings. The van der Waals surface area contributed by atoms with E-state index in [1.54, 1.807) is 0 Å². The van der Waals surface area contributed by atoms with Gasteiger partial charge in [0.05, 0.1) is 5.69 Å². The Balaban J connectivity index is 2.41. The summed E-state index contributed by atoms with van der Waals surface area (Å²) in [5.74, 6) is 0. The summed E-state index contributed by atoms with van der Waals surface area (Å²) >= 11 is 0. The second kappa shape index (κ2) is 7.18. The molecule has 2 aromatic rings. The summed E-state index contributed by atoms with van der Waals surface area (Å²) in [6, 6.07) is 10.0. The van der Waals surface area contributed by atoms with Crippen molar-refractivity contribution in [1.29, 1.82) is 0 Å². The minimum atomic E-state index is 0.406. The fourth-order valence-corrected chi connectivity index (χ4v) is 2.33. The summed E-state index contributed by atoms with van der Waals surface area (Å²) < 4.78 is 0. The second-order valence-corrected chi connectivity index (χ2v) is 5.60. The van der Waals surface area contributed by atoms with Crippen molar-refractivity contribution >= 4 is 12.0 Å². The van der Waals surface area contributed by atoms with Gasteiger partial charge < -0.3 is 11.1 Å². The Morgan fingerprint density at radius 1 is 1.36 bits per heavy atom. The molecule has 22 heavy (non-hydrogen) atoms. The smallest absolute Gasteiger partial charge is 0.152 e. The van der Waals surface area contributed by atoms with Gasteiger partial charge in [-0.05, 0) is 44.0 Å². The van der Waals surface area contributed by atoms with Crippen molar-refractivity contribution in [1.82, 2.24) is 10.3 Å². The summed E-state index contributed by atoms with van der Waals surface area (Å²) in [5, 5.41) is 3.43. The van der Waals surface area contributed by atoms with Crippen LogP contribution in [0.1, 0.15) is 41.9 Å². The molecule has 1 heterocycles. The number of nitrogens with two attached hydrogens (primary N) is 1. The van der Waals surface area contributed by atoms with Crippen LogP contribution < -0.4 is 11.1 Å². The lowest BCUT2D eigenvalue weighted by Gasteiger charge is -2.15. The highest BCUT2D eigenvalue weighted by atomic mass is 16.1. The van der Waals surface area contributed by atoms with E-state index in [9.17, 15) is 4.79 Å². The number of aryl methyl sites for hydroxylation is 1. The number of nitrogens with one attached hydrogen (secondary N) is 1. The third kappa shape index (κ3) is 3.71. The monoisotopic (exact) mass is 297 g/mol. The van der Waals surface area contributed by atoms with Crippen molar-refractivity contribution in [2.75, 3.05) is 5.73 Å².